The van der Waals surface area contributed by atoms with E-state index in [-0.39, 0.29) is 0 Å². The van der Waals surface area contributed by atoms with E-state index in [1.54, 1.807) is 0 Å². The molecule has 0 saturated carbocycles. The lowest BCUT2D eigenvalue weighted by Crippen LogP contribution is -2.43. The molecule has 5 nitrogen and oxygen atoms in total. The minimum absolute atomic E-state index is 0.337. The van der Waals surface area contributed by atoms with E-state index in [2.05, 4.69) is 21.2 Å². The first-order valence-electron chi connectivity index (χ1n) is 6.82. The maximum Gasteiger partial charge on any atom is 0.0752 e. The van der Waals surface area contributed by atoms with Gasteiger partial charge in [-0.2, -0.15) is 5.10 Å². The standard InChI is InChI=1S/C13H21N3O2/c1-4-14-15-12(1)13-10-18-8-5-16(13)9-11-2-6-17-7-3-11/h1,4,11,13H,2-3,5-10H2,(H,14,15)/t13-/m0/s1. The van der Waals surface area contributed by atoms with Crippen LogP contribution >= 0.6 is 0 Å². The van der Waals surface area contributed by atoms with E-state index in [0.29, 0.717) is 6.04 Å². The highest BCUT2D eigenvalue weighted by Gasteiger charge is 2.28. The van der Waals surface area contributed by atoms with Crippen molar-refractivity contribution in [1.29, 1.82) is 0 Å². The van der Waals surface area contributed by atoms with Gasteiger partial charge in [0.05, 0.1) is 24.9 Å². The molecule has 1 aromatic heterocycles. The van der Waals surface area contributed by atoms with E-state index >= 15 is 0 Å². The minimum Gasteiger partial charge on any atom is -0.381 e. The SMILES string of the molecule is c1cc([C@@H]2COCCN2CC2CCOCC2)[nH]n1. The van der Waals surface area contributed by atoms with Crippen LogP contribution in [-0.2, 0) is 9.47 Å². The highest BCUT2D eigenvalue weighted by Crippen LogP contribution is 2.25. The second-order valence-corrected chi connectivity index (χ2v) is 5.15. The second-order valence-electron chi connectivity index (χ2n) is 5.15. The van der Waals surface area contributed by atoms with Crippen molar-refractivity contribution in [3.05, 3.63) is 18.0 Å². The number of rotatable bonds is 3. The van der Waals surface area contributed by atoms with Crippen LogP contribution in [-0.4, -0.2) is 54.6 Å². The Balaban J connectivity index is 1.64. The van der Waals surface area contributed by atoms with E-state index < -0.39 is 0 Å². The Morgan fingerprint density at radius 2 is 2.17 bits per heavy atom. The molecule has 0 spiro atoms. The molecule has 5 heteroatoms. The van der Waals surface area contributed by atoms with E-state index in [4.69, 9.17) is 9.47 Å². The highest BCUT2D eigenvalue weighted by molar-refractivity contribution is 5.06. The molecule has 3 rings (SSSR count). The predicted molar refractivity (Wildman–Crippen MR) is 67.3 cm³/mol. The van der Waals surface area contributed by atoms with Gasteiger partial charge in [0.15, 0.2) is 0 Å². The first-order valence-corrected chi connectivity index (χ1v) is 6.82. The molecular formula is C13H21N3O2. The smallest absolute Gasteiger partial charge is 0.0752 e. The normalized spacial score (nSPS) is 27.4. The first kappa shape index (κ1) is 12.1. The quantitative estimate of drug-likeness (QED) is 0.877. The number of nitrogens with one attached hydrogen (secondary N) is 1. The number of hydrogen-bond acceptors (Lipinski definition) is 4. The summed E-state index contributed by atoms with van der Waals surface area (Å²) < 4.78 is 11.0. The van der Waals surface area contributed by atoms with E-state index in [1.165, 1.54) is 18.5 Å². The fourth-order valence-corrected chi connectivity index (χ4v) is 2.86. The summed E-state index contributed by atoms with van der Waals surface area (Å²) in [5.41, 5.74) is 1.17. The molecule has 2 fully saturated rings. The average Bonchev–Trinajstić information content (AvgIpc) is 2.94. The molecule has 1 aromatic rings. The monoisotopic (exact) mass is 251 g/mol. The molecule has 0 aliphatic carbocycles. The van der Waals surface area contributed by atoms with Crippen molar-refractivity contribution < 1.29 is 9.47 Å². The van der Waals surface area contributed by atoms with Crippen molar-refractivity contribution in [2.75, 3.05) is 39.5 Å². The van der Waals surface area contributed by atoms with Crippen molar-refractivity contribution in [3.8, 4) is 0 Å². The molecule has 0 amide bonds. The molecule has 1 atom stereocenters. The molecular weight excluding hydrogens is 230 g/mol. The Kier molecular flexibility index (Phi) is 3.93. The molecule has 18 heavy (non-hydrogen) atoms. The molecule has 2 saturated heterocycles. The van der Waals surface area contributed by atoms with Crippen molar-refractivity contribution in [2.24, 2.45) is 5.92 Å². The Bertz CT molecular complexity index is 349. The van der Waals surface area contributed by atoms with Crippen molar-refractivity contribution in [2.45, 2.75) is 18.9 Å². The van der Waals surface area contributed by atoms with Crippen LogP contribution in [0.2, 0.25) is 0 Å². The van der Waals surface area contributed by atoms with Crippen LogP contribution in [0.3, 0.4) is 0 Å². The fourth-order valence-electron chi connectivity index (χ4n) is 2.86. The lowest BCUT2D eigenvalue weighted by atomic mass is 9.98. The van der Waals surface area contributed by atoms with Gasteiger partial charge in [-0.05, 0) is 24.8 Å². The first-order chi connectivity index (χ1) is 8.93. The Morgan fingerprint density at radius 3 is 2.94 bits per heavy atom. The zero-order valence-electron chi connectivity index (χ0n) is 10.7. The van der Waals surface area contributed by atoms with E-state index in [1.807, 2.05) is 6.20 Å². The Labute approximate surface area is 107 Å². The Hall–Kier alpha value is -0.910. The van der Waals surface area contributed by atoms with Gasteiger partial charge in [-0.15, -0.1) is 0 Å². The number of hydrogen-bond donors (Lipinski definition) is 1. The summed E-state index contributed by atoms with van der Waals surface area (Å²) in [7, 11) is 0. The predicted octanol–water partition coefficient (Wildman–Crippen LogP) is 1.21. The lowest BCUT2D eigenvalue weighted by molar-refractivity contribution is -0.0281. The van der Waals surface area contributed by atoms with Crippen molar-refractivity contribution >= 4 is 0 Å². The number of aromatic amines is 1. The number of nitrogens with zero attached hydrogens (tertiary/aromatic N) is 2. The van der Waals surface area contributed by atoms with Crippen LogP contribution in [0.15, 0.2) is 12.3 Å². The van der Waals surface area contributed by atoms with Crippen LogP contribution in [0.5, 0.6) is 0 Å². The molecule has 1 N–H and O–H groups in total. The molecule has 100 valence electrons. The minimum atomic E-state index is 0.337. The molecule has 0 bridgehead atoms. The summed E-state index contributed by atoms with van der Waals surface area (Å²) in [5, 5.41) is 7.13. The van der Waals surface area contributed by atoms with Gasteiger partial charge in [0.1, 0.15) is 0 Å². The van der Waals surface area contributed by atoms with Crippen molar-refractivity contribution in [1.82, 2.24) is 15.1 Å². The van der Waals surface area contributed by atoms with Gasteiger partial charge >= 0.3 is 0 Å². The number of H-pyrrole nitrogens is 1. The summed E-state index contributed by atoms with van der Waals surface area (Å²) >= 11 is 0. The van der Waals surface area contributed by atoms with Gasteiger partial charge in [0.2, 0.25) is 0 Å². The molecule has 0 radical (unpaired) electrons. The molecule has 0 aromatic carbocycles. The Morgan fingerprint density at radius 1 is 1.28 bits per heavy atom. The number of aromatic nitrogens is 2. The van der Waals surface area contributed by atoms with Crippen LogP contribution in [0.4, 0.5) is 0 Å². The second kappa shape index (κ2) is 5.82. The molecule has 2 aliphatic rings. The lowest BCUT2D eigenvalue weighted by Gasteiger charge is -2.38. The maximum absolute atomic E-state index is 5.61. The van der Waals surface area contributed by atoms with E-state index in [9.17, 15) is 0 Å². The number of morpholine rings is 1. The van der Waals surface area contributed by atoms with E-state index in [0.717, 1.165) is 45.4 Å². The molecule has 3 heterocycles. The third-order valence-electron chi connectivity index (χ3n) is 3.95. The molecule has 0 unspecified atom stereocenters. The van der Waals surface area contributed by atoms with Crippen molar-refractivity contribution in [3.63, 3.8) is 0 Å². The van der Waals surface area contributed by atoms with Gasteiger partial charge in [-0.1, -0.05) is 0 Å². The summed E-state index contributed by atoms with van der Waals surface area (Å²) in [4.78, 5) is 2.53. The van der Waals surface area contributed by atoms with Crippen LogP contribution in [0.25, 0.3) is 0 Å². The zero-order chi connectivity index (χ0) is 12.2. The summed E-state index contributed by atoms with van der Waals surface area (Å²) in [5.74, 6) is 0.766. The van der Waals surface area contributed by atoms with Gasteiger partial charge in [-0.3, -0.25) is 10.00 Å². The van der Waals surface area contributed by atoms with Crippen LogP contribution in [0, 0.1) is 5.92 Å². The third kappa shape index (κ3) is 2.74. The largest absolute Gasteiger partial charge is 0.381 e. The van der Waals surface area contributed by atoms with Gasteiger partial charge in [-0.25, -0.2) is 0 Å². The zero-order valence-corrected chi connectivity index (χ0v) is 10.7. The molecule has 2 aliphatic heterocycles. The third-order valence-corrected chi connectivity index (χ3v) is 3.95. The summed E-state index contributed by atoms with van der Waals surface area (Å²) in [6, 6.07) is 2.39. The fraction of sp³-hybridized carbons (Fsp3) is 0.769. The van der Waals surface area contributed by atoms with Gasteiger partial charge < -0.3 is 9.47 Å². The van der Waals surface area contributed by atoms with Crippen LogP contribution in [0.1, 0.15) is 24.6 Å². The highest BCUT2D eigenvalue weighted by atomic mass is 16.5. The van der Waals surface area contributed by atoms with Gasteiger partial charge in [0.25, 0.3) is 0 Å². The topological polar surface area (TPSA) is 50.4 Å². The summed E-state index contributed by atoms with van der Waals surface area (Å²) in [6.45, 7) is 5.62. The summed E-state index contributed by atoms with van der Waals surface area (Å²) in [6.07, 6.45) is 4.19. The number of ether oxygens (including phenoxy) is 2. The average molecular weight is 251 g/mol. The maximum atomic E-state index is 5.61. The van der Waals surface area contributed by atoms with Gasteiger partial charge in [0, 0.05) is 32.5 Å². The van der Waals surface area contributed by atoms with Crippen LogP contribution < -0.4 is 0 Å².